The average molecular weight is 271 g/mol. The van der Waals surface area contributed by atoms with Gasteiger partial charge >= 0.3 is 0 Å². The van der Waals surface area contributed by atoms with Crippen LogP contribution in [0.1, 0.15) is 25.7 Å². The molecule has 0 aromatic carbocycles. The maximum absolute atomic E-state index is 11.7. The molecule has 5 heteroatoms. The van der Waals surface area contributed by atoms with E-state index in [1.807, 2.05) is 17.5 Å². The van der Waals surface area contributed by atoms with Crippen molar-refractivity contribution in [3.05, 3.63) is 17.5 Å². The second-order valence-electron chi connectivity index (χ2n) is 4.29. The number of aliphatic hydroxyl groups excluding tert-OH is 1. The Morgan fingerprint density at radius 3 is 2.88 bits per heavy atom. The van der Waals surface area contributed by atoms with Crippen LogP contribution in [-0.4, -0.2) is 28.9 Å². The number of thioether (sulfide) groups is 1. The van der Waals surface area contributed by atoms with Gasteiger partial charge in [-0.25, -0.2) is 0 Å². The molecule has 0 radical (unpaired) electrons. The van der Waals surface area contributed by atoms with E-state index in [1.165, 1.54) is 4.21 Å². The Morgan fingerprint density at radius 1 is 1.47 bits per heavy atom. The van der Waals surface area contributed by atoms with Crippen LogP contribution >= 0.6 is 23.1 Å². The third-order valence-corrected chi connectivity index (χ3v) is 5.03. The molecule has 0 unspecified atom stereocenters. The van der Waals surface area contributed by atoms with E-state index in [0.717, 1.165) is 25.7 Å². The van der Waals surface area contributed by atoms with Crippen LogP contribution in [0.3, 0.4) is 0 Å². The number of rotatable bonds is 4. The molecule has 1 aromatic heterocycles. The lowest BCUT2D eigenvalue weighted by atomic mass is 9.93. The molecular formula is C12H17NO2S2. The number of carbonyl (C=O) groups excluding carboxylic acids is 1. The summed E-state index contributed by atoms with van der Waals surface area (Å²) in [6.07, 6.45) is 3.25. The summed E-state index contributed by atoms with van der Waals surface area (Å²) in [5.41, 5.74) is 0. The normalized spacial score (nSPS) is 24.5. The topological polar surface area (TPSA) is 49.3 Å². The van der Waals surface area contributed by atoms with Crippen molar-refractivity contribution in [2.75, 3.05) is 5.75 Å². The third-order valence-electron chi connectivity index (χ3n) is 2.90. The van der Waals surface area contributed by atoms with E-state index in [4.69, 9.17) is 0 Å². The molecule has 1 aliphatic rings. The standard InChI is InChI=1S/C12H17NO2S2/c14-10-5-3-9(4-6-10)13-11(15)8-17-12-2-1-7-16-12/h1-2,7,9-10,14H,3-6,8H2,(H,13,15). The van der Waals surface area contributed by atoms with Crippen molar-refractivity contribution in [3.63, 3.8) is 0 Å². The van der Waals surface area contributed by atoms with Gasteiger partial charge in [0.05, 0.1) is 16.1 Å². The minimum Gasteiger partial charge on any atom is -0.393 e. The molecule has 1 aliphatic carbocycles. The Hall–Kier alpha value is -0.520. The van der Waals surface area contributed by atoms with Gasteiger partial charge < -0.3 is 10.4 Å². The van der Waals surface area contributed by atoms with Crippen molar-refractivity contribution in [1.29, 1.82) is 0 Å². The summed E-state index contributed by atoms with van der Waals surface area (Å²) in [6, 6.07) is 4.28. The maximum atomic E-state index is 11.7. The van der Waals surface area contributed by atoms with Crippen LogP contribution in [-0.2, 0) is 4.79 Å². The molecule has 1 amide bonds. The van der Waals surface area contributed by atoms with Gasteiger partial charge in [-0.1, -0.05) is 6.07 Å². The van der Waals surface area contributed by atoms with E-state index in [0.29, 0.717) is 5.75 Å². The predicted molar refractivity (Wildman–Crippen MR) is 71.4 cm³/mol. The summed E-state index contributed by atoms with van der Waals surface area (Å²) in [4.78, 5) is 11.7. The zero-order valence-electron chi connectivity index (χ0n) is 9.59. The van der Waals surface area contributed by atoms with Gasteiger partial charge in [0.15, 0.2) is 0 Å². The highest BCUT2D eigenvalue weighted by Crippen LogP contribution is 2.23. The molecule has 1 heterocycles. The van der Waals surface area contributed by atoms with Crippen LogP contribution in [0, 0.1) is 0 Å². The second-order valence-corrected chi connectivity index (χ2v) is 6.52. The molecule has 3 nitrogen and oxygen atoms in total. The highest BCUT2D eigenvalue weighted by atomic mass is 32.2. The van der Waals surface area contributed by atoms with Crippen LogP contribution in [0.4, 0.5) is 0 Å². The molecule has 2 N–H and O–H groups in total. The smallest absolute Gasteiger partial charge is 0.230 e. The molecule has 1 saturated carbocycles. The summed E-state index contributed by atoms with van der Waals surface area (Å²) in [5.74, 6) is 0.587. The zero-order chi connectivity index (χ0) is 12.1. The Kier molecular flexibility index (Phi) is 4.88. The molecule has 0 saturated heterocycles. The largest absolute Gasteiger partial charge is 0.393 e. The van der Waals surface area contributed by atoms with Crippen molar-refractivity contribution >= 4 is 29.0 Å². The fraction of sp³-hybridized carbons (Fsp3) is 0.583. The van der Waals surface area contributed by atoms with E-state index < -0.39 is 0 Å². The lowest BCUT2D eigenvalue weighted by Crippen LogP contribution is -2.39. The maximum Gasteiger partial charge on any atom is 0.230 e. The first-order valence-corrected chi connectivity index (χ1v) is 7.74. The highest BCUT2D eigenvalue weighted by molar-refractivity contribution is 8.01. The van der Waals surface area contributed by atoms with Gasteiger partial charge in [-0.2, -0.15) is 0 Å². The Morgan fingerprint density at radius 2 is 2.24 bits per heavy atom. The van der Waals surface area contributed by atoms with Crippen LogP contribution in [0.15, 0.2) is 21.7 Å². The fourth-order valence-electron chi connectivity index (χ4n) is 1.97. The summed E-state index contributed by atoms with van der Waals surface area (Å²) in [7, 11) is 0. The van der Waals surface area contributed by atoms with Crippen molar-refractivity contribution in [2.45, 2.75) is 42.0 Å². The minimum absolute atomic E-state index is 0.102. The van der Waals surface area contributed by atoms with Crippen LogP contribution in [0.2, 0.25) is 0 Å². The van der Waals surface area contributed by atoms with E-state index in [-0.39, 0.29) is 18.1 Å². The van der Waals surface area contributed by atoms with Gasteiger partial charge in [0.25, 0.3) is 0 Å². The quantitative estimate of drug-likeness (QED) is 0.826. The predicted octanol–water partition coefficient (Wildman–Crippen LogP) is 2.26. The van der Waals surface area contributed by atoms with Crippen LogP contribution < -0.4 is 5.32 Å². The number of carbonyl (C=O) groups is 1. The van der Waals surface area contributed by atoms with Crippen molar-refractivity contribution in [3.8, 4) is 0 Å². The monoisotopic (exact) mass is 271 g/mol. The first kappa shape index (κ1) is 12.9. The van der Waals surface area contributed by atoms with Crippen molar-refractivity contribution < 1.29 is 9.90 Å². The molecular weight excluding hydrogens is 254 g/mol. The molecule has 0 aliphatic heterocycles. The van der Waals surface area contributed by atoms with E-state index >= 15 is 0 Å². The van der Waals surface area contributed by atoms with Gasteiger partial charge in [-0.05, 0) is 37.1 Å². The Balaban J connectivity index is 1.67. The molecule has 0 spiro atoms. The SMILES string of the molecule is O=C(CSc1cccs1)NC1CCC(O)CC1. The summed E-state index contributed by atoms with van der Waals surface area (Å²) in [6.45, 7) is 0. The molecule has 17 heavy (non-hydrogen) atoms. The average Bonchev–Trinajstić information content (AvgIpc) is 2.83. The summed E-state index contributed by atoms with van der Waals surface area (Å²) in [5, 5.41) is 14.4. The summed E-state index contributed by atoms with van der Waals surface area (Å²) >= 11 is 3.24. The first-order chi connectivity index (χ1) is 8.24. The zero-order valence-corrected chi connectivity index (χ0v) is 11.2. The van der Waals surface area contributed by atoms with Gasteiger partial charge in [0.1, 0.15) is 0 Å². The number of amides is 1. The van der Waals surface area contributed by atoms with Crippen LogP contribution in [0.25, 0.3) is 0 Å². The van der Waals surface area contributed by atoms with Crippen molar-refractivity contribution in [1.82, 2.24) is 5.32 Å². The lowest BCUT2D eigenvalue weighted by Gasteiger charge is -2.26. The molecule has 1 aromatic rings. The van der Waals surface area contributed by atoms with Gasteiger partial charge in [-0.3, -0.25) is 4.79 Å². The van der Waals surface area contributed by atoms with E-state index in [2.05, 4.69) is 5.32 Å². The summed E-state index contributed by atoms with van der Waals surface area (Å²) < 4.78 is 1.18. The van der Waals surface area contributed by atoms with Gasteiger partial charge in [0, 0.05) is 6.04 Å². The first-order valence-electron chi connectivity index (χ1n) is 5.88. The highest BCUT2D eigenvalue weighted by Gasteiger charge is 2.20. The van der Waals surface area contributed by atoms with Gasteiger partial charge in [-0.15, -0.1) is 23.1 Å². The molecule has 2 rings (SSSR count). The van der Waals surface area contributed by atoms with E-state index in [9.17, 15) is 9.90 Å². The number of nitrogens with one attached hydrogen (secondary N) is 1. The lowest BCUT2D eigenvalue weighted by molar-refractivity contribution is -0.119. The van der Waals surface area contributed by atoms with Crippen molar-refractivity contribution in [2.24, 2.45) is 0 Å². The number of thiophene rings is 1. The Bertz CT molecular complexity index is 345. The number of aliphatic hydroxyl groups is 1. The molecule has 0 bridgehead atoms. The fourth-order valence-corrected chi connectivity index (χ4v) is 3.57. The molecule has 1 fully saturated rings. The van der Waals surface area contributed by atoms with Gasteiger partial charge in [0.2, 0.25) is 5.91 Å². The van der Waals surface area contributed by atoms with E-state index in [1.54, 1.807) is 23.1 Å². The molecule has 94 valence electrons. The number of hydrogen-bond acceptors (Lipinski definition) is 4. The number of hydrogen-bond donors (Lipinski definition) is 2. The third kappa shape index (κ3) is 4.33. The minimum atomic E-state index is -0.163. The molecule has 0 atom stereocenters. The van der Waals surface area contributed by atoms with Crippen LogP contribution in [0.5, 0.6) is 0 Å². The Labute approximate surface area is 110 Å². The second kappa shape index (κ2) is 6.42.